The second kappa shape index (κ2) is 8.29. The summed E-state index contributed by atoms with van der Waals surface area (Å²) in [6.45, 7) is 2.06. The van der Waals surface area contributed by atoms with Gasteiger partial charge in [-0.25, -0.2) is 0 Å². The van der Waals surface area contributed by atoms with Crippen LogP contribution in [0.5, 0.6) is 5.75 Å². The summed E-state index contributed by atoms with van der Waals surface area (Å²) < 4.78 is 33.8. The van der Waals surface area contributed by atoms with E-state index in [4.69, 9.17) is 4.74 Å². The van der Waals surface area contributed by atoms with Gasteiger partial charge < -0.3 is 14.8 Å². The molecule has 1 unspecified atom stereocenters. The first-order chi connectivity index (χ1) is 10.1. The lowest BCUT2D eigenvalue weighted by Crippen LogP contribution is -2.37. The van der Waals surface area contributed by atoms with Crippen LogP contribution in [-0.2, 0) is 11.2 Å². The van der Waals surface area contributed by atoms with Crippen molar-refractivity contribution in [2.75, 3.05) is 19.8 Å². The molecule has 1 aliphatic rings. The number of alkyl halides is 2. The molecule has 3 nitrogen and oxygen atoms in total. The Kier molecular flexibility index (Phi) is 6.39. The van der Waals surface area contributed by atoms with Crippen LogP contribution in [0.3, 0.4) is 0 Å². The number of rotatable bonds is 7. The highest BCUT2D eigenvalue weighted by atomic mass is 19.3. The largest absolute Gasteiger partial charge is 0.435 e. The molecule has 0 saturated carbocycles. The van der Waals surface area contributed by atoms with Crippen molar-refractivity contribution in [3.05, 3.63) is 29.8 Å². The molecule has 0 aromatic heterocycles. The van der Waals surface area contributed by atoms with Crippen LogP contribution in [0, 0.1) is 5.92 Å². The molecule has 0 radical (unpaired) electrons. The van der Waals surface area contributed by atoms with Crippen LogP contribution in [0.1, 0.15) is 25.3 Å². The van der Waals surface area contributed by atoms with Gasteiger partial charge in [-0.3, -0.25) is 0 Å². The third-order valence-corrected chi connectivity index (χ3v) is 4.00. The predicted molar refractivity (Wildman–Crippen MR) is 77.8 cm³/mol. The first kappa shape index (κ1) is 16.2. The average molecular weight is 299 g/mol. The van der Waals surface area contributed by atoms with Gasteiger partial charge in [-0.15, -0.1) is 0 Å². The Balaban J connectivity index is 1.70. The standard InChI is InChI=1S/C16H23F2NO2/c1-12(14-7-10-20-11-8-14)19-9-6-13-2-4-15(5-3-13)21-16(17)18/h2-5,12,14,16,19H,6-11H2,1H3. The summed E-state index contributed by atoms with van der Waals surface area (Å²) in [4.78, 5) is 0. The molecule has 118 valence electrons. The lowest BCUT2D eigenvalue weighted by atomic mass is 9.93. The summed E-state index contributed by atoms with van der Waals surface area (Å²) in [6, 6.07) is 7.32. The van der Waals surface area contributed by atoms with Crippen molar-refractivity contribution in [2.45, 2.75) is 38.8 Å². The topological polar surface area (TPSA) is 30.5 Å². The summed E-state index contributed by atoms with van der Waals surface area (Å²) in [5, 5.41) is 3.54. The summed E-state index contributed by atoms with van der Waals surface area (Å²) >= 11 is 0. The van der Waals surface area contributed by atoms with Crippen LogP contribution in [0.25, 0.3) is 0 Å². The van der Waals surface area contributed by atoms with E-state index < -0.39 is 6.61 Å². The molecular formula is C16H23F2NO2. The molecule has 1 aliphatic heterocycles. The summed E-state index contributed by atoms with van der Waals surface area (Å²) in [7, 11) is 0. The van der Waals surface area contributed by atoms with Crippen molar-refractivity contribution < 1.29 is 18.3 Å². The first-order valence-electron chi connectivity index (χ1n) is 7.50. The zero-order valence-electron chi connectivity index (χ0n) is 12.4. The molecule has 1 fully saturated rings. The fraction of sp³-hybridized carbons (Fsp3) is 0.625. The number of halogens is 2. The Labute approximate surface area is 124 Å². The highest BCUT2D eigenvalue weighted by Crippen LogP contribution is 2.19. The summed E-state index contributed by atoms with van der Waals surface area (Å²) in [6.07, 6.45) is 3.12. The van der Waals surface area contributed by atoms with E-state index >= 15 is 0 Å². The maximum atomic E-state index is 12.0. The normalized spacial score (nSPS) is 17.9. The molecule has 0 bridgehead atoms. The summed E-state index contributed by atoms with van der Waals surface area (Å²) in [5.41, 5.74) is 1.11. The van der Waals surface area contributed by atoms with Gasteiger partial charge in [0.05, 0.1) is 0 Å². The number of nitrogens with one attached hydrogen (secondary N) is 1. The number of hydrogen-bond donors (Lipinski definition) is 1. The van der Waals surface area contributed by atoms with Crippen molar-refractivity contribution in [1.82, 2.24) is 5.32 Å². The van der Waals surface area contributed by atoms with Crippen LogP contribution < -0.4 is 10.1 Å². The number of hydrogen-bond acceptors (Lipinski definition) is 3. The molecule has 1 aromatic carbocycles. The lowest BCUT2D eigenvalue weighted by Gasteiger charge is -2.28. The van der Waals surface area contributed by atoms with Crippen LogP contribution >= 0.6 is 0 Å². The molecule has 1 N–H and O–H groups in total. The van der Waals surface area contributed by atoms with Gasteiger partial charge in [-0.1, -0.05) is 12.1 Å². The van der Waals surface area contributed by atoms with Crippen LogP contribution in [0.15, 0.2) is 24.3 Å². The first-order valence-corrected chi connectivity index (χ1v) is 7.50. The van der Waals surface area contributed by atoms with Crippen LogP contribution in [0.4, 0.5) is 8.78 Å². The minimum atomic E-state index is -2.77. The van der Waals surface area contributed by atoms with E-state index in [9.17, 15) is 8.78 Å². The smallest absolute Gasteiger partial charge is 0.387 e. The van der Waals surface area contributed by atoms with Crippen molar-refractivity contribution >= 4 is 0 Å². The molecular weight excluding hydrogens is 276 g/mol. The van der Waals surface area contributed by atoms with E-state index in [1.807, 2.05) is 12.1 Å². The average Bonchev–Trinajstić information content (AvgIpc) is 2.49. The van der Waals surface area contributed by atoms with E-state index in [-0.39, 0.29) is 5.75 Å². The highest BCUT2D eigenvalue weighted by molar-refractivity contribution is 5.27. The maximum absolute atomic E-state index is 12.0. The van der Waals surface area contributed by atoms with Crippen LogP contribution in [-0.4, -0.2) is 32.4 Å². The minimum Gasteiger partial charge on any atom is -0.435 e. The zero-order chi connectivity index (χ0) is 15.1. The van der Waals surface area contributed by atoms with Gasteiger partial charge in [0.25, 0.3) is 0 Å². The molecule has 5 heteroatoms. The predicted octanol–water partition coefficient (Wildman–Crippen LogP) is 3.24. The van der Waals surface area contributed by atoms with E-state index in [2.05, 4.69) is 17.0 Å². The third kappa shape index (κ3) is 5.59. The minimum absolute atomic E-state index is 0.206. The van der Waals surface area contributed by atoms with E-state index in [1.165, 1.54) is 0 Å². The van der Waals surface area contributed by atoms with Gasteiger partial charge >= 0.3 is 6.61 Å². The third-order valence-electron chi connectivity index (χ3n) is 4.00. The number of ether oxygens (including phenoxy) is 2. The van der Waals surface area contributed by atoms with Gasteiger partial charge in [0, 0.05) is 19.3 Å². The summed E-state index contributed by atoms with van der Waals surface area (Å²) in [5.74, 6) is 0.887. The second-order valence-electron chi connectivity index (χ2n) is 5.47. The fourth-order valence-electron chi connectivity index (χ4n) is 2.66. The van der Waals surface area contributed by atoms with Gasteiger partial charge in [0.1, 0.15) is 5.75 Å². The molecule has 1 heterocycles. The maximum Gasteiger partial charge on any atom is 0.387 e. The zero-order valence-corrected chi connectivity index (χ0v) is 12.4. The number of benzene rings is 1. The Morgan fingerprint density at radius 2 is 1.90 bits per heavy atom. The molecule has 1 aromatic rings. The Hall–Kier alpha value is -1.20. The Morgan fingerprint density at radius 3 is 2.52 bits per heavy atom. The van der Waals surface area contributed by atoms with Gasteiger partial charge in [-0.05, 0) is 56.3 Å². The van der Waals surface area contributed by atoms with E-state index in [0.29, 0.717) is 12.0 Å². The van der Waals surface area contributed by atoms with Gasteiger partial charge in [0.15, 0.2) is 0 Å². The molecule has 1 saturated heterocycles. The fourth-order valence-corrected chi connectivity index (χ4v) is 2.66. The molecule has 21 heavy (non-hydrogen) atoms. The van der Waals surface area contributed by atoms with Gasteiger partial charge in [0.2, 0.25) is 0 Å². The molecule has 0 amide bonds. The Bertz CT molecular complexity index is 405. The van der Waals surface area contributed by atoms with Crippen molar-refractivity contribution in [3.63, 3.8) is 0 Å². The van der Waals surface area contributed by atoms with Crippen molar-refractivity contribution in [1.29, 1.82) is 0 Å². The van der Waals surface area contributed by atoms with Gasteiger partial charge in [-0.2, -0.15) is 8.78 Å². The Morgan fingerprint density at radius 1 is 1.24 bits per heavy atom. The molecule has 0 aliphatic carbocycles. The SMILES string of the molecule is CC(NCCc1ccc(OC(F)F)cc1)C1CCOCC1. The molecule has 2 rings (SSSR count). The van der Waals surface area contributed by atoms with Crippen LogP contribution in [0.2, 0.25) is 0 Å². The van der Waals surface area contributed by atoms with Crippen molar-refractivity contribution in [3.8, 4) is 5.75 Å². The second-order valence-corrected chi connectivity index (χ2v) is 5.47. The highest BCUT2D eigenvalue weighted by Gasteiger charge is 2.19. The molecule has 0 spiro atoms. The monoisotopic (exact) mass is 299 g/mol. The quantitative estimate of drug-likeness (QED) is 0.838. The van der Waals surface area contributed by atoms with E-state index in [1.54, 1.807) is 12.1 Å². The van der Waals surface area contributed by atoms with Crippen molar-refractivity contribution in [2.24, 2.45) is 5.92 Å². The van der Waals surface area contributed by atoms with E-state index in [0.717, 1.165) is 44.6 Å². The lowest BCUT2D eigenvalue weighted by molar-refractivity contribution is -0.0498. The molecule has 1 atom stereocenters.